The number of carbonyl (C=O) groups is 3. The number of anilines is 1. The van der Waals surface area contributed by atoms with Crippen LogP contribution in [0.25, 0.3) is 0 Å². The molecule has 0 saturated carbocycles. The summed E-state index contributed by atoms with van der Waals surface area (Å²) in [5.41, 5.74) is -4.79. The number of para-hydroxylation sites is 1. The fraction of sp³-hybridized carbons (Fsp3) is 0.304. The molecule has 1 N–H and O–H groups in total. The number of rotatable bonds is 3. The number of Topliss-reactive ketones (excluding diaryl/α,β-unsaturated/α-hetero) is 1. The largest absolute Gasteiger partial charge is 0.425 e. The molecular formula is C23H20F3N3O3. The molecule has 2 amide bonds. The monoisotopic (exact) mass is 443 g/mol. The van der Waals surface area contributed by atoms with E-state index in [-0.39, 0.29) is 29.8 Å². The van der Waals surface area contributed by atoms with Gasteiger partial charge in [-0.25, -0.2) is 0 Å². The molecule has 1 aliphatic heterocycles. The molecule has 166 valence electrons. The fourth-order valence-electron chi connectivity index (χ4n) is 4.35. The minimum atomic E-state index is -5.26. The molecule has 0 saturated heterocycles. The highest BCUT2D eigenvalue weighted by Gasteiger charge is 2.71. The Morgan fingerprint density at radius 3 is 2.25 bits per heavy atom. The fourth-order valence-corrected chi connectivity index (χ4v) is 4.35. The first-order valence-corrected chi connectivity index (χ1v) is 9.94. The predicted octanol–water partition coefficient (Wildman–Crippen LogP) is 3.80. The summed E-state index contributed by atoms with van der Waals surface area (Å²) in [6, 6.07) is 10.3. The zero-order valence-electron chi connectivity index (χ0n) is 17.4. The van der Waals surface area contributed by atoms with Crippen LogP contribution >= 0.6 is 0 Å². The number of nitrogens with one attached hydrogen (secondary N) is 1. The van der Waals surface area contributed by atoms with Crippen molar-refractivity contribution in [1.82, 2.24) is 10.3 Å². The number of hydrogen-bond donors (Lipinski definition) is 1. The Kier molecular flexibility index (Phi) is 4.95. The van der Waals surface area contributed by atoms with Crippen LogP contribution in [0, 0.1) is 5.41 Å². The topological polar surface area (TPSA) is 79.4 Å². The first-order valence-electron chi connectivity index (χ1n) is 9.94. The van der Waals surface area contributed by atoms with E-state index in [4.69, 9.17) is 0 Å². The van der Waals surface area contributed by atoms with Gasteiger partial charge in [0.05, 0.1) is 5.57 Å². The lowest BCUT2D eigenvalue weighted by Crippen LogP contribution is -2.66. The third-order valence-electron chi connectivity index (χ3n) is 5.70. The molecule has 32 heavy (non-hydrogen) atoms. The molecule has 2 aromatic rings. The number of benzene rings is 1. The summed E-state index contributed by atoms with van der Waals surface area (Å²) in [4.78, 5) is 44.1. The maximum absolute atomic E-state index is 14.7. The zero-order valence-corrected chi connectivity index (χ0v) is 17.4. The van der Waals surface area contributed by atoms with Gasteiger partial charge in [0.25, 0.3) is 11.8 Å². The van der Waals surface area contributed by atoms with E-state index in [0.717, 1.165) is 4.90 Å². The molecule has 1 aromatic heterocycles. The highest BCUT2D eigenvalue weighted by atomic mass is 19.4. The normalized spacial score (nSPS) is 22.7. The van der Waals surface area contributed by atoms with Crippen molar-refractivity contribution in [3.63, 3.8) is 0 Å². The van der Waals surface area contributed by atoms with Crippen LogP contribution in [0.5, 0.6) is 0 Å². The van der Waals surface area contributed by atoms with E-state index in [1.807, 2.05) is 5.32 Å². The van der Waals surface area contributed by atoms with Crippen LogP contribution in [0.2, 0.25) is 0 Å². The summed E-state index contributed by atoms with van der Waals surface area (Å²) in [6.45, 7) is 3.51. The summed E-state index contributed by atoms with van der Waals surface area (Å²) in [6.07, 6.45) is -2.86. The smallest absolute Gasteiger partial charge is 0.326 e. The van der Waals surface area contributed by atoms with Crippen LogP contribution in [0.15, 0.2) is 66.1 Å². The average Bonchev–Trinajstić information content (AvgIpc) is 2.97. The van der Waals surface area contributed by atoms with Gasteiger partial charge in [-0.15, -0.1) is 0 Å². The molecule has 0 unspecified atom stereocenters. The Morgan fingerprint density at radius 2 is 1.66 bits per heavy atom. The van der Waals surface area contributed by atoms with E-state index in [1.54, 1.807) is 32.0 Å². The zero-order chi connectivity index (χ0) is 23.3. The number of amides is 2. The van der Waals surface area contributed by atoms with Gasteiger partial charge in [0.1, 0.15) is 0 Å². The standard InChI is InChI=1S/C23H20F3N3O3/c1-21(2)12-16-18(17(30)13-21)22(23(24,25)26,28-19(31)14-8-10-27-11-9-14)20(32)29(16)15-6-4-3-5-7-15/h3-11H,12-13H2,1-2H3,(H,28,31)/t22-/m0/s1. The minimum Gasteiger partial charge on any atom is -0.326 e. The number of aromatic nitrogens is 1. The van der Waals surface area contributed by atoms with Crippen LogP contribution in [-0.2, 0) is 9.59 Å². The van der Waals surface area contributed by atoms with Gasteiger partial charge in [-0.3, -0.25) is 24.3 Å². The Morgan fingerprint density at radius 1 is 1.03 bits per heavy atom. The molecule has 4 rings (SSSR count). The summed E-state index contributed by atoms with van der Waals surface area (Å²) < 4.78 is 44.1. The Hall–Kier alpha value is -3.49. The number of carbonyl (C=O) groups excluding carboxylic acids is 3. The van der Waals surface area contributed by atoms with Gasteiger partial charge < -0.3 is 5.32 Å². The van der Waals surface area contributed by atoms with Crippen LogP contribution in [0.1, 0.15) is 37.0 Å². The van der Waals surface area contributed by atoms with E-state index in [2.05, 4.69) is 4.98 Å². The SMILES string of the molecule is CC1(C)CC(=O)C2=C(C1)N(c1ccccc1)C(=O)[C@]2(NC(=O)c1ccncc1)C(F)(F)F. The van der Waals surface area contributed by atoms with E-state index >= 15 is 0 Å². The molecule has 6 nitrogen and oxygen atoms in total. The molecule has 0 radical (unpaired) electrons. The van der Waals surface area contributed by atoms with Crippen molar-refractivity contribution < 1.29 is 27.6 Å². The number of halogens is 3. The summed E-state index contributed by atoms with van der Waals surface area (Å²) in [5.74, 6) is -3.36. The number of alkyl halides is 3. The van der Waals surface area contributed by atoms with Gasteiger partial charge in [0.15, 0.2) is 5.78 Å². The Balaban J connectivity index is 1.95. The van der Waals surface area contributed by atoms with Crippen molar-refractivity contribution in [3.8, 4) is 0 Å². The van der Waals surface area contributed by atoms with E-state index in [0.29, 0.717) is 0 Å². The molecule has 0 bridgehead atoms. The average molecular weight is 443 g/mol. The van der Waals surface area contributed by atoms with Crippen molar-refractivity contribution in [1.29, 1.82) is 0 Å². The van der Waals surface area contributed by atoms with E-state index in [9.17, 15) is 27.6 Å². The van der Waals surface area contributed by atoms with Crippen LogP contribution in [0.4, 0.5) is 18.9 Å². The Bertz CT molecular complexity index is 1130. The summed E-state index contributed by atoms with van der Waals surface area (Å²) in [7, 11) is 0. The Labute approximate surface area is 182 Å². The minimum absolute atomic E-state index is 0.0326. The van der Waals surface area contributed by atoms with Crippen molar-refractivity contribution in [2.75, 3.05) is 4.90 Å². The molecule has 9 heteroatoms. The molecule has 1 aliphatic carbocycles. The highest BCUT2D eigenvalue weighted by Crippen LogP contribution is 2.52. The molecule has 1 aromatic carbocycles. The second-order valence-electron chi connectivity index (χ2n) is 8.68. The number of ketones is 1. The first-order chi connectivity index (χ1) is 15.0. The number of allylic oxidation sites excluding steroid dienone is 1. The van der Waals surface area contributed by atoms with Crippen LogP contribution in [0.3, 0.4) is 0 Å². The van der Waals surface area contributed by atoms with E-state index in [1.165, 1.54) is 36.7 Å². The molecule has 2 heterocycles. The maximum atomic E-state index is 14.7. The van der Waals surface area contributed by atoms with E-state index < -0.39 is 40.3 Å². The molecule has 0 spiro atoms. The summed E-state index contributed by atoms with van der Waals surface area (Å²) >= 11 is 0. The lowest BCUT2D eigenvalue weighted by Gasteiger charge is -2.35. The maximum Gasteiger partial charge on any atom is 0.425 e. The third-order valence-corrected chi connectivity index (χ3v) is 5.70. The second-order valence-corrected chi connectivity index (χ2v) is 8.68. The van der Waals surface area contributed by atoms with Crippen molar-refractivity contribution in [3.05, 3.63) is 71.7 Å². The van der Waals surface area contributed by atoms with Gasteiger partial charge in [-0.1, -0.05) is 32.0 Å². The van der Waals surface area contributed by atoms with Crippen LogP contribution < -0.4 is 10.2 Å². The lowest BCUT2D eigenvalue weighted by molar-refractivity contribution is -0.186. The third kappa shape index (κ3) is 3.28. The van der Waals surface area contributed by atoms with Crippen molar-refractivity contribution in [2.24, 2.45) is 5.41 Å². The number of pyridine rings is 1. The molecular weight excluding hydrogens is 423 g/mol. The van der Waals surface area contributed by atoms with Crippen LogP contribution in [-0.4, -0.2) is 34.3 Å². The number of nitrogens with zero attached hydrogens (tertiary/aromatic N) is 2. The van der Waals surface area contributed by atoms with Gasteiger partial charge >= 0.3 is 6.18 Å². The predicted molar refractivity (Wildman–Crippen MR) is 109 cm³/mol. The highest BCUT2D eigenvalue weighted by molar-refractivity contribution is 6.21. The quantitative estimate of drug-likeness (QED) is 0.783. The van der Waals surface area contributed by atoms with Gasteiger partial charge in [-0.2, -0.15) is 13.2 Å². The van der Waals surface area contributed by atoms with Gasteiger partial charge in [0.2, 0.25) is 5.54 Å². The second kappa shape index (κ2) is 7.29. The van der Waals surface area contributed by atoms with Gasteiger partial charge in [-0.05, 0) is 36.1 Å². The van der Waals surface area contributed by atoms with Crippen molar-refractivity contribution in [2.45, 2.75) is 38.4 Å². The summed E-state index contributed by atoms with van der Waals surface area (Å²) in [5, 5.41) is 1.89. The first kappa shape index (κ1) is 21.7. The van der Waals surface area contributed by atoms with Gasteiger partial charge in [0, 0.05) is 35.8 Å². The molecule has 2 aliphatic rings. The number of hydrogen-bond acceptors (Lipinski definition) is 4. The lowest BCUT2D eigenvalue weighted by atomic mass is 9.72. The molecule has 0 fully saturated rings. The van der Waals surface area contributed by atoms with Crippen molar-refractivity contribution >= 4 is 23.3 Å². The molecule has 1 atom stereocenters.